The second kappa shape index (κ2) is 6.95. The van der Waals surface area contributed by atoms with E-state index in [4.69, 9.17) is 0 Å². The number of hydrogen-bond donors (Lipinski definition) is 1. The van der Waals surface area contributed by atoms with Crippen LogP contribution in [0.5, 0.6) is 0 Å². The van der Waals surface area contributed by atoms with E-state index in [2.05, 4.69) is 17.1 Å². The van der Waals surface area contributed by atoms with Crippen LogP contribution in [0.2, 0.25) is 0 Å². The third kappa shape index (κ3) is 2.94. The van der Waals surface area contributed by atoms with Gasteiger partial charge in [-0.2, -0.15) is 0 Å². The minimum Gasteiger partial charge on any atom is -0.394 e. The van der Waals surface area contributed by atoms with Crippen molar-refractivity contribution >= 4 is 11.8 Å². The van der Waals surface area contributed by atoms with Gasteiger partial charge in [-0.15, -0.1) is 0 Å². The lowest BCUT2D eigenvalue weighted by atomic mass is 9.60. The number of likely N-dealkylation sites (tertiary alicyclic amines) is 2. The predicted octanol–water partition coefficient (Wildman–Crippen LogP) is 2.06. The molecule has 1 aliphatic carbocycles. The number of nitrogens with zero attached hydrogens (tertiary/aromatic N) is 3. The first-order valence-corrected chi connectivity index (χ1v) is 10.3. The molecule has 2 amide bonds. The van der Waals surface area contributed by atoms with Crippen molar-refractivity contribution in [2.24, 2.45) is 5.92 Å². The highest BCUT2D eigenvalue weighted by Crippen LogP contribution is 2.54. The van der Waals surface area contributed by atoms with Crippen molar-refractivity contribution in [2.45, 2.75) is 36.8 Å². The first kappa shape index (κ1) is 18.3. The Morgan fingerprint density at radius 3 is 2.41 bits per heavy atom. The van der Waals surface area contributed by atoms with E-state index >= 15 is 0 Å². The van der Waals surface area contributed by atoms with Gasteiger partial charge in [-0.05, 0) is 36.5 Å². The zero-order valence-electron chi connectivity index (χ0n) is 16.3. The van der Waals surface area contributed by atoms with Crippen LogP contribution >= 0.6 is 0 Å². The van der Waals surface area contributed by atoms with E-state index in [9.17, 15) is 14.7 Å². The van der Waals surface area contributed by atoms with E-state index in [0.29, 0.717) is 31.1 Å². The van der Waals surface area contributed by atoms with Crippen molar-refractivity contribution in [3.8, 4) is 0 Å². The van der Waals surface area contributed by atoms with Crippen LogP contribution in [0.3, 0.4) is 0 Å². The smallest absolute Gasteiger partial charge is 0.272 e. The molecule has 3 fully saturated rings. The van der Waals surface area contributed by atoms with Crippen LogP contribution in [0.1, 0.15) is 41.2 Å². The first-order chi connectivity index (χ1) is 14.1. The fourth-order valence-corrected chi connectivity index (χ4v) is 5.14. The van der Waals surface area contributed by atoms with E-state index in [1.165, 1.54) is 0 Å². The molecule has 0 radical (unpaired) electrons. The largest absolute Gasteiger partial charge is 0.394 e. The highest BCUT2D eigenvalue weighted by atomic mass is 16.3. The van der Waals surface area contributed by atoms with E-state index in [1.54, 1.807) is 29.3 Å². The molecule has 1 saturated carbocycles. The number of rotatable bonds is 5. The lowest BCUT2D eigenvalue weighted by Gasteiger charge is -2.70. The Balaban J connectivity index is 1.42. The van der Waals surface area contributed by atoms with Crippen LogP contribution in [-0.2, 0) is 4.79 Å². The molecule has 150 valence electrons. The van der Waals surface area contributed by atoms with Crippen molar-refractivity contribution in [2.75, 3.05) is 19.7 Å². The Hall–Kier alpha value is -2.73. The number of benzene rings is 1. The number of aliphatic hydroxyl groups excluding tert-OH is 1. The van der Waals surface area contributed by atoms with E-state index in [0.717, 1.165) is 18.4 Å². The highest BCUT2D eigenvalue weighted by molar-refractivity contribution is 5.93. The number of carbonyl (C=O) groups excluding carboxylic acids is 2. The average Bonchev–Trinajstić information content (AvgIpc) is 3.51. The molecule has 1 aromatic heterocycles. The topological polar surface area (TPSA) is 73.7 Å². The van der Waals surface area contributed by atoms with E-state index in [1.807, 2.05) is 23.1 Å². The molecular formula is C23H25N3O3. The van der Waals surface area contributed by atoms with Gasteiger partial charge in [0.05, 0.1) is 18.2 Å². The first-order valence-electron chi connectivity index (χ1n) is 10.3. The predicted molar refractivity (Wildman–Crippen MR) is 107 cm³/mol. The molecule has 1 spiro atoms. The third-order valence-electron chi connectivity index (χ3n) is 6.65. The average molecular weight is 391 g/mol. The lowest BCUT2D eigenvalue weighted by Crippen LogP contribution is -2.86. The van der Waals surface area contributed by atoms with Gasteiger partial charge in [-0.3, -0.25) is 14.6 Å². The Kier molecular flexibility index (Phi) is 4.39. The van der Waals surface area contributed by atoms with Crippen LogP contribution in [0.15, 0.2) is 54.7 Å². The van der Waals surface area contributed by atoms with Gasteiger partial charge in [-0.25, -0.2) is 0 Å². The SMILES string of the molecule is O=C(c1ccccn1)N1CC2(C1)[C@@H](c1ccccc1)[C@H](CO)N2C(=O)CC1CC1. The molecular weight excluding hydrogens is 366 g/mol. The summed E-state index contributed by atoms with van der Waals surface area (Å²) in [6, 6.07) is 15.1. The maximum Gasteiger partial charge on any atom is 0.272 e. The molecule has 29 heavy (non-hydrogen) atoms. The number of pyridine rings is 1. The summed E-state index contributed by atoms with van der Waals surface area (Å²) in [5.74, 6) is 0.527. The number of amides is 2. The quantitative estimate of drug-likeness (QED) is 0.847. The fourth-order valence-electron chi connectivity index (χ4n) is 5.14. The molecule has 0 bridgehead atoms. The molecule has 5 rings (SSSR count). The minimum atomic E-state index is -0.425. The van der Waals surface area contributed by atoms with Gasteiger partial charge in [-0.1, -0.05) is 36.4 Å². The minimum absolute atomic E-state index is 0.0321. The number of carbonyl (C=O) groups is 2. The molecule has 6 heteroatoms. The Labute approximate surface area is 170 Å². The van der Waals surface area contributed by atoms with Crippen molar-refractivity contribution in [3.05, 3.63) is 66.0 Å². The molecule has 6 nitrogen and oxygen atoms in total. The molecule has 2 aliphatic heterocycles. The van der Waals surface area contributed by atoms with Crippen LogP contribution in [0.25, 0.3) is 0 Å². The molecule has 3 heterocycles. The lowest BCUT2D eigenvalue weighted by molar-refractivity contribution is -0.194. The maximum atomic E-state index is 13.1. The fraction of sp³-hybridized carbons (Fsp3) is 0.435. The Morgan fingerprint density at radius 2 is 1.79 bits per heavy atom. The summed E-state index contributed by atoms with van der Waals surface area (Å²) < 4.78 is 0. The van der Waals surface area contributed by atoms with Gasteiger partial charge in [0.2, 0.25) is 5.91 Å². The number of aromatic nitrogens is 1. The number of aliphatic hydroxyl groups is 1. The summed E-state index contributed by atoms with van der Waals surface area (Å²) in [7, 11) is 0. The molecule has 2 atom stereocenters. The molecule has 1 aromatic carbocycles. The van der Waals surface area contributed by atoms with Crippen molar-refractivity contribution in [1.29, 1.82) is 0 Å². The summed E-state index contributed by atoms with van der Waals surface area (Å²) in [6.45, 7) is 0.898. The number of hydrogen-bond acceptors (Lipinski definition) is 4. The molecule has 2 aromatic rings. The maximum absolute atomic E-state index is 13.1. The second-order valence-corrected chi connectivity index (χ2v) is 8.53. The van der Waals surface area contributed by atoms with Crippen LogP contribution < -0.4 is 0 Å². The Bertz CT molecular complexity index is 907. The van der Waals surface area contributed by atoms with Gasteiger partial charge in [0.1, 0.15) is 5.69 Å². The van der Waals surface area contributed by atoms with Crippen molar-refractivity contribution < 1.29 is 14.7 Å². The summed E-state index contributed by atoms with van der Waals surface area (Å²) in [5.41, 5.74) is 1.12. The molecule has 0 unspecified atom stereocenters. The zero-order chi connectivity index (χ0) is 20.0. The van der Waals surface area contributed by atoms with Crippen molar-refractivity contribution in [1.82, 2.24) is 14.8 Å². The summed E-state index contributed by atoms with van der Waals surface area (Å²) in [5, 5.41) is 10.1. The van der Waals surface area contributed by atoms with Gasteiger partial charge in [0.25, 0.3) is 5.91 Å². The molecule has 1 N–H and O–H groups in total. The second-order valence-electron chi connectivity index (χ2n) is 8.53. The third-order valence-corrected chi connectivity index (χ3v) is 6.65. The van der Waals surface area contributed by atoms with Crippen LogP contribution in [0, 0.1) is 5.92 Å². The van der Waals surface area contributed by atoms with Gasteiger partial charge in [0, 0.05) is 31.6 Å². The van der Waals surface area contributed by atoms with Crippen molar-refractivity contribution in [3.63, 3.8) is 0 Å². The monoisotopic (exact) mass is 391 g/mol. The molecule has 2 saturated heterocycles. The zero-order valence-corrected chi connectivity index (χ0v) is 16.3. The summed E-state index contributed by atoms with van der Waals surface area (Å²) in [6.07, 6.45) is 4.39. The Morgan fingerprint density at radius 1 is 1.07 bits per heavy atom. The van der Waals surface area contributed by atoms with Gasteiger partial charge < -0.3 is 14.9 Å². The highest BCUT2D eigenvalue weighted by Gasteiger charge is 2.68. The van der Waals surface area contributed by atoms with E-state index < -0.39 is 5.54 Å². The van der Waals surface area contributed by atoms with Crippen LogP contribution in [0.4, 0.5) is 0 Å². The van der Waals surface area contributed by atoms with Gasteiger partial charge in [0.15, 0.2) is 0 Å². The van der Waals surface area contributed by atoms with Gasteiger partial charge >= 0.3 is 0 Å². The summed E-state index contributed by atoms with van der Waals surface area (Å²) in [4.78, 5) is 33.7. The standard InChI is InChI=1S/C23H25N3O3/c27-13-19-21(17-6-2-1-3-7-17)23(26(19)20(28)12-16-9-10-16)14-25(15-23)22(29)18-8-4-5-11-24-18/h1-8,11,16,19,21,27H,9-10,12-15H2/t19-,21-/m0/s1. The van der Waals surface area contributed by atoms with E-state index in [-0.39, 0.29) is 30.4 Å². The normalized spacial score (nSPS) is 24.7. The summed E-state index contributed by atoms with van der Waals surface area (Å²) >= 11 is 0. The van der Waals surface area contributed by atoms with Crippen LogP contribution in [-0.4, -0.2) is 63.0 Å². The molecule has 3 aliphatic rings.